The van der Waals surface area contributed by atoms with Gasteiger partial charge >= 0.3 is 0 Å². The Hall–Kier alpha value is -2.13. The van der Waals surface area contributed by atoms with Crippen LogP contribution in [-0.4, -0.2) is 17.5 Å². The Balaban J connectivity index is 2.92. The van der Waals surface area contributed by atoms with E-state index in [1.165, 1.54) is 12.1 Å². The Morgan fingerprint density at radius 2 is 2.33 bits per heavy atom. The lowest BCUT2D eigenvalue weighted by Gasteiger charge is -2.17. The van der Waals surface area contributed by atoms with E-state index in [9.17, 15) is 10.1 Å². The maximum atomic E-state index is 10.7. The number of nitrogens with one attached hydrogen (secondary N) is 1. The van der Waals surface area contributed by atoms with Gasteiger partial charge in [0.2, 0.25) is 0 Å². The summed E-state index contributed by atoms with van der Waals surface area (Å²) in [5, 5.41) is 22.7. The number of anilines is 1. The van der Waals surface area contributed by atoms with E-state index in [0.29, 0.717) is 12.2 Å². The van der Waals surface area contributed by atoms with Crippen molar-refractivity contribution in [2.45, 2.75) is 25.8 Å². The Kier molecular flexibility index (Phi) is 5.08. The Morgan fingerprint density at radius 1 is 1.61 bits per heavy atom. The molecule has 1 rings (SSSR count). The average Bonchev–Trinajstić information content (AvgIpc) is 2.37. The molecule has 0 bridgehead atoms. The molecule has 1 aromatic rings. The largest absolute Gasteiger partial charge is 0.381 e. The van der Waals surface area contributed by atoms with Crippen molar-refractivity contribution in [3.05, 3.63) is 33.9 Å². The second-order valence-corrected chi connectivity index (χ2v) is 3.97. The van der Waals surface area contributed by atoms with Crippen LogP contribution >= 0.6 is 0 Å². The lowest BCUT2D eigenvalue weighted by atomic mass is 10.1. The molecule has 0 aliphatic rings. The second-order valence-electron chi connectivity index (χ2n) is 3.97. The van der Waals surface area contributed by atoms with E-state index in [0.717, 1.165) is 12.8 Å². The van der Waals surface area contributed by atoms with Crippen LogP contribution in [0, 0.1) is 21.4 Å². The first-order chi connectivity index (χ1) is 8.62. The van der Waals surface area contributed by atoms with E-state index >= 15 is 0 Å². The van der Waals surface area contributed by atoms with Gasteiger partial charge in [-0.15, -0.1) is 0 Å². The predicted octanol–water partition coefficient (Wildman–Crippen LogP) is 2.01. The lowest BCUT2D eigenvalue weighted by molar-refractivity contribution is -0.385. The van der Waals surface area contributed by atoms with Crippen molar-refractivity contribution in [1.82, 2.24) is 0 Å². The molecule has 1 unspecified atom stereocenters. The van der Waals surface area contributed by atoms with Crippen LogP contribution in [0.1, 0.15) is 25.3 Å². The minimum absolute atomic E-state index is 0.0530. The third-order valence-corrected chi connectivity index (χ3v) is 2.61. The van der Waals surface area contributed by atoms with Gasteiger partial charge in [0.25, 0.3) is 5.69 Å². The maximum Gasteiger partial charge on any atom is 0.287 e. The molecule has 0 aromatic heterocycles. The monoisotopic (exact) mass is 248 g/mol. The van der Waals surface area contributed by atoms with Crippen LogP contribution in [-0.2, 0) is 0 Å². The molecule has 96 valence electrons. The van der Waals surface area contributed by atoms with Gasteiger partial charge in [-0.2, -0.15) is 5.26 Å². The van der Waals surface area contributed by atoms with Crippen molar-refractivity contribution in [3.8, 4) is 6.07 Å². The van der Waals surface area contributed by atoms with Crippen molar-refractivity contribution < 1.29 is 4.92 Å². The number of nitro groups is 1. The Labute approximate surface area is 106 Å². The molecule has 0 aliphatic carbocycles. The fraction of sp³-hybridized carbons (Fsp3) is 0.417. The van der Waals surface area contributed by atoms with E-state index < -0.39 is 4.92 Å². The van der Waals surface area contributed by atoms with E-state index in [1.807, 2.05) is 6.07 Å². The maximum absolute atomic E-state index is 10.7. The van der Waals surface area contributed by atoms with Gasteiger partial charge in [-0.3, -0.25) is 10.1 Å². The molecule has 0 fully saturated rings. The van der Waals surface area contributed by atoms with Gasteiger partial charge in [-0.1, -0.05) is 13.3 Å². The topological polar surface area (TPSA) is 105 Å². The van der Waals surface area contributed by atoms with Crippen molar-refractivity contribution in [2.24, 2.45) is 5.73 Å². The van der Waals surface area contributed by atoms with Crippen molar-refractivity contribution in [1.29, 1.82) is 5.26 Å². The highest BCUT2D eigenvalue weighted by atomic mass is 16.6. The Morgan fingerprint density at radius 3 is 2.83 bits per heavy atom. The Bertz CT molecular complexity index is 468. The molecule has 6 nitrogen and oxygen atoms in total. The van der Waals surface area contributed by atoms with E-state index in [4.69, 9.17) is 11.0 Å². The molecule has 1 atom stereocenters. The van der Waals surface area contributed by atoms with E-state index in [2.05, 4.69) is 12.2 Å². The zero-order valence-corrected chi connectivity index (χ0v) is 10.2. The molecule has 0 radical (unpaired) electrons. The highest BCUT2D eigenvalue weighted by Crippen LogP contribution is 2.22. The minimum atomic E-state index is -0.561. The SMILES string of the molecule is CCCC(CN)Nc1ccc([N+](=O)[O-])c(C#N)c1. The summed E-state index contributed by atoms with van der Waals surface area (Å²) in [5.74, 6) is 0. The third-order valence-electron chi connectivity index (χ3n) is 2.61. The first kappa shape index (κ1) is 13.9. The number of nitriles is 1. The number of rotatable bonds is 6. The molecule has 0 aliphatic heterocycles. The van der Waals surface area contributed by atoms with Crippen molar-refractivity contribution in [3.63, 3.8) is 0 Å². The van der Waals surface area contributed by atoms with Gasteiger partial charge in [-0.25, -0.2) is 0 Å². The van der Waals surface area contributed by atoms with Crippen LogP contribution in [0.25, 0.3) is 0 Å². The number of nitrogens with two attached hydrogens (primary N) is 1. The average molecular weight is 248 g/mol. The molecule has 1 aromatic carbocycles. The molecule has 18 heavy (non-hydrogen) atoms. The van der Waals surface area contributed by atoms with Crippen LogP contribution < -0.4 is 11.1 Å². The third kappa shape index (κ3) is 3.43. The van der Waals surface area contributed by atoms with Gasteiger partial charge in [0.05, 0.1) is 4.92 Å². The smallest absolute Gasteiger partial charge is 0.287 e. The van der Waals surface area contributed by atoms with Crippen LogP contribution in [0.4, 0.5) is 11.4 Å². The van der Waals surface area contributed by atoms with Crippen LogP contribution in [0.3, 0.4) is 0 Å². The summed E-state index contributed by atoms with van der Waals surface area (Å²) in [4.78, 5) is 10.1. The number of hydrogen-bond donors (Lipinski definition) is 2. The summed E-state index contributed by atoms with van der Waals surface area (Å²) < 4.78 is 0. The normalized spacial score (nSPS) is 11.6. The number of nitrogens with zero attached hydrogens (tertiary/aromatic N) is 2. The lowest BCUT2D eigenvalue weighted by Crippen LogP contribution is -2.28. The van der Waals surface area contributed by atoms with Gasteiger partial charge in [-0.05, 0) is 18.6 Å². The zero-order valence-electron chi connectivity index (χ0n) is 10.2. The standard InChI is InChI=1S/C12H16N4O2/c1-2-3-11(8-14)15-10-4-5-12(16(17)18)9(6-10)7-13/h4-6,11,15H,2-3,8,14H2,1H3. The van der Waals surface area contributed by atoms with E-state index in [1.54, 1.807) is 6.07 Å². The molecular weight excluding hydrogens is 232 g/mol. The van der Waals surface area contributed by atoms with Crippen LogP contribution in [0.15, 0.2) is 18.2 Å². The minimum Gasteiger partial charge on any atom is -0.381 e. The van der Waals surface area contributed by atoms with Crippen molar-refractivity contribution >= 4 is 11.4 Å². The molecular formula is C12H16N4O2. The van der Waals surface area contributed by atoms with Crippen molar-refractivity contribution in [2.75, 3.05) is 11.9 Å². The summed E-state index contributed by atoms with van der Waals surface area (Å²) in [7, 11) is 0. The molecule has 0 heterocycles. The van der Waals surface area contributed by atoms with Gasteiger partial charge < -0.3 is 11.1 Å². The molecule has 3 N–H and O–H groups in total. The molecule has 0 spiro atoms. The van der Waals surface area contributed by atoms with Gasteiger partial charge in [0, 0.05) is 24.3 Å². The summed E-state index contributed by atoms with van der Waals surface area (Å²) in [6.45, 7) is 2.54. The fourth-order valence-corrected chi connectivity index (χ4v) is 1.71. The summed E-state index contributed by atoms with van der Waals surface area (Å²) in [6, 6.07) is 6.35. The summed E-state index contributed by atoms with van der Waals surface area (Å²) in [6.07, 6.45) is 1.91. The predicted molar refractivity (Wildman–Crippen MR) is 69.2 cm³/mol. The summed E-state index contributed by atoms with van der Waals surface area (Å²) >= 11 is 0. The zero-order chi connectivity index (χ0) is 13.5. The molecule has 0 amide bonds. The first-order valence-corrected chi connectivity index (χ1v) is 5.77. The second kappa shape index (κ2) is 6.57. The van der Waals surface area contributed by atoms with Gasteiger partial charge in [0.1, 0.15) is 11.6 Å². The quantitative estimate of drug-likeness (QED) is 0.591. The summed E-state index contributed by atoms with van der Waals surface area (Å²) in [5.41, 5.74) is 6.18. The van der Waals surface area contributed by atoms with E-state index in [-0.39, 0.29) is 17.3 Å². The molecule has 0 saturated carbocycles. The molecule has 6 heteroatoms. The number of hydrogen-bond acceptors (Lipinski definition) is 5. The fourth-order valence-electron chi connectivity index (χ4n) is 1.71. The van der Waals surface area contributed by atoms with Crippen LogP contribution in [0.5, 0.6) is 0 Å². The first-order valence-electron chi connectivity index (χ1n) is 5.77. The highest BCUT2D eigenvalue weighted by Gasteiger charge is 2.14. The number of benzene rings is 1. The van der Waals surface area contributed by atoms with Crippen LogP contribution in [0.2, 0.25) is 0 Å². The molecule has 0 saturated heterocycles. The number of nitro benzene ring substituents is 1. The van der Waals surface area contributed by atoms with Gasteiger partial charge in [0.15, 0.2) is 0 Å². The highest BCUT2D eigenvalue weighted by molar-refractivity contribution is 5.59.